The van der Waals surface area contributed by atoms with Crippen LogP contribution in [0, 0.1) is 5.92 Å². The molecule has 23 heavy (non-hydrogen) atoms. The van der Waals surface area contributed by atoms with Crippen LogP contribution < -0.4 is 5.32 Å². The third-order valence-electron chi connectivity index (χ3n) is 4.53. The first-order chi connectivity index (χ1) is 11.2. The van der Waals surface area contributed by atoms with Gasteiger partial charge in [-0.2, -0.15) is 0 Å². The normalized spacial score (nSPS) is 16.6. The molecule has 0 bridgehead atoms. The number of carbonyl (C=O) groups excluding carboxylic acids is 1. The Hall–Kier alpha value is -1.74. The second-order valence-electron chi connectivity index (χ2n) is 6.39. The summed E-state index contributed by atoms with van der Waals surface area (Å²) in [5.41, 5.74) is 1.54. The fourth-order valence-corrected chi connectivity index (χ4v) is 3.70. The van der Waals surface area contributed by atoms with Gasteiger partial charge in [0.1, 0.15) is 0 Å². The van der Waals surface area contributed by atoms with Gasteiger partial charge in [-0.15, -0.1) is 11.8 Å². The lowest BCUT2D eigenvalue weighted by Crippen LogP contribution is -2.36. The highest BCUT2D eigenvalue weighted by atomic mass is 32.2. The van der Waals surface area contributed by atoms with E-state index in [9.17, 15) is 4.79 Å². The van der Waals surface area contributed by atoms with Crippen LogP contribution >= 0.6 is 11.8 Å². The van der Waals surface area contributed by atoms with E-state index in [2.05, 4.69) is 41.7 Å². The van der Waals surface area contributed by atoms with E-state index in [0.717, 1.165) is 12.3 Å². The van der Waals surface area contributed by atoms with Crippen molar-refractivity contribution in [3.05, 3.63) is 66.2 Å². The Kier molecular flexibility index (Phi) is 5.06. The number of rotatable bonds is 7. The first kappa shape index (κ1) is 16.1. The average Bonchev–Trinajstić information content (AvgIpc) is 3.40. The van der Waals surface area contributed by atoms with Gasteiger partial charge in [-0.25, -0.2) is 0 Å². The van der Waals surface area contributed by atoms with Crippen LogP contribution in [0.4, 0.5) is 0 Å². The summed E-state index contributed by atoms with van der Waals surface area (Å²) in [5, 5.41) is 3.17. The Labute approximate surface area is 142 Å². The second-order valence-corrected chi connectivity index (χ2v) is 7.48. The lowest BCUT2D eigenvalue weighted by molar-refractivity contribution is -0.123. The minimum atomic E-state index is 0.0202. The fourth-order valence-electron chi connectivity index (χ4n) is 2.75. The molecule has 0 aromatic heterocycles. The molecular formula is C20H23NOS. The molecular weight excluding hydrogens is 302 g/mol. The zero-order chi connectivity index (χ0) is 16.1. The van der Waals surface area contributed by atoms with Gasteiger partial charge in [0.15, 0.2) is 0 Å². The number of nitrogens with one attached hydrogen (secondary N) is 1. The average molecular weight is 325 g/mol. The highest BCUT2D eigenvalue weighted by molar-refractivity contribution is 7.99. The molecule has 3 rings (SSSR count). The van der Waals surface area contributed by atoms with Gasteiger partial charge < -0.3 is 5.32 Å². The summed E-state index contributed by atoms with van der Waals surface area (Å²) >= 11 is 1.74. The largest absolute Gasteiger partial charge is 0.355 e. The van der Waals surface area contributed by atoms with Crippen LogP contribution in [0.3, 0.4) is 0 Å². The van der Waals surface area contributed by atoms with Gasteiger partial charge in [-0.1, -0.05) is 55.5 Å². The SMILES string of the molecule is CC(CSc1ccccc1)C(=O)NCC1(c2ccccc2)CC1. The molecule has 0 aliphatic heterocycles. The predicted molar refractivity (Wildman–Crippen MR) is 96.7 cm³/mol. The number of hydrogen-bond acceptors (Lipinski definition) is 2. The molecule has 0 heterocycles. The minimum Gasteiger partial charge on any atom is -0.355 e. The molecule has 3 heteroatoms. The molecule has 1 aliphatic rings. The predicted octanol–water partition coefficient (Wildman–Crippen LogP) is 4.26. The van der Waals surface area contributed by atoms with E-state index < -0.39 is 0 Å². The van der Waals surface area contributed by atoms with Gasteiger partial charge >= 0.3 is 0 Å². The van der Waals surface area contributed by atoms with Gasteiger partial charge in [0.2, 0.25) is 5.91 Å². The van der Waals surface area contributed by atoms with Crippen molar-refractivity contribution < 1.29 is 4.79 Å². The van der Waals surface area contributed by atoms with Crippen molar-refractivity contribution in [3.63, 3.8) is 0 Å². The third kappa shape index (κ3) is 4.17. The maximum absolute atomic E-state index is 12.3. The van der Waals surface area contributed by atoms with E-state index in [1.165, 1.54) is 23.3 Å². The van der Waals surface area contributed by atoms with Gasteiger partial charge in [-0.3, -0.25) is 4.79 Å². The molecule has 1 fully saturated rings. The summed E-state index contributed by atoms with van der Waals surface area (Å²) in [6.45, 7) is 2.77. The van der Waals surface area contributed by atoms with Crippen LogP contribution in [0.15, 0.2) is 65.6 Å². The summed E-state index contributed by atoms with van der Waals surface area (Å²) in [4.78, 5) is 13.6. The second kappa shape index (κ2) is 7.22. The van der Waals surface area contributed by atoms with E-state index >= 15 is 0 Å². The van der Waals surface area contributed by atoms with Gasteiger partial charge in [0.05, 0.1) is 0 Å². The fraction of sp³-hybridized carbons (Fsp3) is 0.350. The van der Waals surface area contributed by atoms with Crippen LogP contribution in [-0.4, -0.2) is 18.2 Å². The smallest absolute Gasteiger partial charge is 0.223 e. The number of thioether (sulfide) groups is 1. The number of hydrogen-bond donors (Lipinski definition) is 1. The Morgan fingerprint density at radius 3 is 2.30 bits per heavy atom. The van der Waals surface area contributed by atoms with Gasteiger partial charge in [0, 0.05) is 28.5 Å². The molecule has 1 N–H and O–H groups in total. The van der Waals surface area contributed by atoms with Crippen molar-refractivity contribution in [1.29, 1.82) is 0 Å². The summed E-state index contributed by atoms with van der Waals surface area (Å²) in [6.07, 6.45) is 2.34. The van der Waals surface area contributed by atoms with Crippen LogP contribution in [0.5, 0.6) is 0 Å². The molecule has 2 nitrogen and oxygen atoms in total. The van der Waals surface area contributed by atoms with Crippen LogP contribution in [0.1, 0.15) is 25.3 Å². The summed E-state index contributed by atoms with van der Waals surface area (Å²) in [5.74, 6) is 0.996. The zero-order valence-electron chi connectivity index (χ0n) is 13.5. The molecule has 1 saturated carbocycles. The third-order valence-corrected chi connectivity index (χ3v) is 5.80. The zero-order valence-corrected chi connectivity index (χ0v) is 14.3. The van der Waals surface area contributed by atoms with E-state index in [0.29, 0.717) is 0 Å². The highest BCUT2D eigenvalue weighted by Gasteiger charge is 2.44. The molecule has 1 amide bonds. The van der Waals surface area contributed by atoms with Crippen molar-refractivity contribution in [3.8, 4) is 0 Å². The Morgan fingerprint density at radius 1 is 1.09 bits per heavy atom. The molecule has 0 saturated heterocycles. The van der Waals surface area contributed by atoms with Crippen molar-refractivity contribution in [2.75, 3.05) is 12.3 Å². The first-order valence-electron chi connectivity index (χ1n) is 8.21. The Balaban J connectivity index is 1.48. The highest BCUT2D eigenvalue weighted by Crippen LogP contribution is 2.47. The van der Waals surface area contributed by atoms with E-state index in [-0.39, 0.29) is 17.2 Å². The molecule has 0 spiro atoms. The molecule has 0 radical (unpaired) electrons. The molecule has 120 valence electrons. The summed E-state index contributed by atoms with van der Waals surface area (Å²) in [6, 6.07) is 20.8. The van der Waals surface area contributed by atoms with Gasteiger partial charge in [-0.05, 0) is 30.5 Å². The van der Waals surface area contributed by atoms with Crippen molar-refractivity contribution in [2.24, 2.45) is 5.92 Å². The summed E-state index contributed by atoms with van der Waals surface area (Å²) in [7, 11) is 0. The number of carbonyl (C=O) groups is 1. The van der Waals surface area contributed by atoms with E-state index in [4.69, 9.17) is 0 Å². The maximum atomic E-state index is 12.3. The van der Waals surface area contributed by atoms with Crippen LogP contribution in [-0.2, 0) is 10.2 Å². The first-order valence-corrected chi connectivity index (χ1v) is 9.19. The van der Waals surface area contributed by atoms with Crippen molar-refractivity contribution in [1.82, 2.24) is 5.32 Å². The van der Waals surface area contributed by atoms with E-state index in [1.54, 1.807) is 11.8 Å². The van der Waals surface area contributed by atoms with Crippen molar-refractivity contribution in [2.45, 2.75) is 30.1 Å². The maximum Gasteiger partial charge on any atom is 0.223 e. The summed E-state index contributed by atoms with van der Waals surface area (Å²) < 4.78 is 0. The Bertz CT molecular complexity index is 637. The monoisotopic (exact) mass is 325 g/mol. The number of benzene rings is 2. The van der Waals surface area contributed by atoms with Crippen molar-refractivity contribution >= 4 is 17.7 Å². The molecule has 2 aromatic carbocycles. The molecule has 1 aliphatic carbocycles. The van der Waals surface area contributed by atoms with Crippen LogP contribution in [0.25, 0.3) is 0 Å². The minimum absolute atomic E-state index is 0.0202. The lowest BCUT2D eigenvalue weighted by atomic mass is 9.96. The standard InChI is InChI=1S/C20H23NOS/c1-16(14-23-18-10-6-3-7-11-18)19(22)21-15-20(12-13-20)17-8-4-2-5-9-17/h2-11,16H,12-15H2,1H3,(H,21,22). The van der Waals surface area contributed by atoms with Crippen LogP contribution in [0.2, 0.25) is 0 Å². The Morgan fingerprint density at radius 2 is 1.70 bits per heavy atom. The topological polar surface area (TPSA) is 29.1 Å². The molecule has 1 atom stereocenters. The quantitative estimate of drug-likeness (QED) is 0.771. The molecule has 2 aromatic rings. The van der Waals surface area contributed by atoms with Gasteiger partial charge in [0.25, 0.3) is 0 Å². The lowest BCUT2D eigenvalue weighted by Gasteiger charge is -2.18. The van der Waals surface area contributed by atoms with E-state index in [1.807, 2.05) is 31.2 Å². The molecule has 1 unspecified atom stereocenters. The number of amides is 1.